The zero-order valence-electron chi connectivity index (χ0n) is 16.2. The molecule has 0 unspecified atom stereocenters. The smallest absolute Gasteiger partial charge is 0.246 e. The Hall–Kier alpha value is -2.72. The van der Waals surface area contributed by atoms with Gasteiger partial charge in [-0.25, -0.2) is 0 Å². The Kier molecular flexibility index (Phi) is 7.58. The normalized spacial score (nSPS) is 11.2. The summed E-state index contributed by atoms with van der Waals surface area (Å²) in [6.07, 6.45) is 1.81. The Morgan fingerprint density at radius 2 is 1.90 bits per heavy atom. The molecule has 7 nitrogen and oxygen atoms in total. The molecule has 0 saturated heterocycles. The highest BCUT2D eigenvalue weighted by atomic mass is 127. The number of aliphatic imine (C=N–C) groups is 1. The van der Waals surface area contributed by atoms with E-state index in [0.717, 1.165) is 22.0 Å². The van der Waals surface area contributed by atoms with Crippen molar-refractivity contribution in [3.63, 3.8) is 0 Å². The molecule has 0 spiro atoms. The van der Waals surface area contributed by atoms with Crippen LogP contribution in [0, 0.1) is 0 Å². The maximum Gasteiger partial charge on any atom is 0.246 e. The van der Waals surface area contributed by atoms with Gasteiger partial charge in [0.25, 0.3) is 0 Å². The summed E-state index contributed by atoms with van der Waals surface area (Å²) in [7, 11) is 1.71. The van der Waals surface area contributed by atoms with Gasteiger partial charge in [-0.05, 0) is 29.8 Å². The van der Waals surface area contributed by atoms with Gasteiger partial charge in [-0.15, -0.1) is 24.0 Å². The van der Waals surface area contributed by atoms with Crippen LogP contribution in [-0.4, -0.2) is 28.1 Å². The van der Waals surface area contributed by atoms with Gasteiger partial charge in [0.15, 0.2) is 5.96 Å². The van der Waals surface area contributed by atoms with Crippen LogP contribution in [0.1, 0.15) is 11.5 Å². The first-order valence-electron chi connectivity index (χ1n) is 9.08. The first-order chi connectivity index (χ1) is 14.2. The second-order valence-electron chi connectivity index (χ2n) is 6.29. The highest BCUT2D eigenvalue weighted by Crippen LogP contribution is 2.20. The highest BCUT2D eigenvalue weighted by Gasteiger charge is 2.10. The molecule has 4 rings (SSSR count). The van der Waals surface area contributed by atoms with Gasteiger partial charge >= 0.3 is 0 Å². The fraction of sp³-hybridized carbons (Fsp3) is 0.143. The Bertz CT molecular complexity index is 1160. The molecule has 0 radical (unpaired) electrons. The molecule has 2 aromatic heterocycles. The first-order valence-corrected chi connectivity index (χ1v) is 9.46. The molecular weight excluding hydrogens is 515 g/mol. The van der Waals surface area contributed by atoms with Crippen LogP contribution in [0.25, 0.3) is 22.3 Å². The number of hydrogen-bond donors (Lipinski definition) is 2. The molecule has 2 N–H and O–H groups in total. The lowest BCUT2D eigenvalue weighted by molar-refractivity contribution is 0.375. The number of pyridine rings is 1. The standard InChI is InChI=1S/C21H19ClN6O.HI/c1-23-21(25-12-15-9-10-24-18-8-3-2-7-17(15)18)26-13-19-27-20(28-29-19)14-5-4-6-16(22)11-14;/h2-11H,12-13H2,1H3,(H2,23,25,26);1H. The minimum absolute atomic E-state index is 0. The minimum Gasteiger partial charge on any atom is -0.352 e. The van der Waals surface area contributed by atoms with Crippen LogP contribution in [0.3, 0.4) is 0 Å². The van der Waals surface area contributed by atoms with Crippen LogP contribution < -0.4 is 10.6 Å². The monoisotopic (exact) mass is 534 g/mol. The number of hydrogen-bond acceptors (Lipinski definition) is 5. The van der Waals surface area contributed by atoms with Crippen molar-refractivity contribution in [1.29, 1.82) is 0 Å². The third kappa shape index (κ3) is 5.25. The Balaban J connectivity index is 0.00000256. The summed E-state index contributed by atoms with van der Waals surface area (Å²) >= 11 is 6.02. The van der Waals surface area contributed by atoms with E-state index in [4.69, 9.17) is 16.1 Å². The molecule has 0 aliphatic heterocycles. The molecule has 2 aromatic carbocycles. The number of rotatable bonds is 5. The molecule has 30 heavy (non-hydrogen) atoms. The molecule has 154 valence electrons. The van der Waals surface area contributed by atoms with E-state index in [0.29, 0.717) is 35.8 Å². The number of halogens is 2. The number of nitrogens with zero attached hydrogens (tertiary/aromatic N) is 4. The molecule has 0 saturated carbocycles. The summed E-state index contributed by atoms with van der Waals surface area (Å²) in [6, 6.07) is 17.4. The van der Waals surface area contributed by atoms with Gasteiger partial charge in [0.05, 0.1) is 12.1 Å². The van der Waals surface area contributed by atoms with E-state index in [2.05, 4.69) is 36.8 Å². The second-order valence-corrected chi connectivity index (χ2v) is 6.73. The second kappa shape index (κ2) is 10.4. The van der Waals surface area contributed by atoms with Crippen molar-refractivity contribution in [2.24, 2.45) is 4.99 Å². The van der Waals surface area contributed by atoms with Crippen LogP contribution in [0.2, 0.25) is 5.02 Å². The third-order valence-electron chi connectivity index (χ3n) is 4.37. The quantitative estimate of drug-likeness (QED) is 0.224. The van der Waals surface area contributed by atoms with Gasteiger partial charge in [0.2, 0.25) is 11.7 Å². The largest absolute Gasteiger partial charge is 0.352 e. The zero-order valence-corrected chi connectivity index (χ0v) is 19.3. The van der Waals surface area contributed by atoms with Crippen molar-refractivity contribution in [2.75, 3.05) is 7.05 Å². The number of fused-ring (bicyclic) bond motifs is 1. The van der Waals surface area contributed by atoms with Crippen LogP contribution >= 0.6 is 35.6 Å². The molecular formula is C21H20ClIN6O. The predicted octanol–water partition coefficient (Wildman–Crippen LogP) is 4.42. The lowest BCUT2D eigenvalue weighted by atomic mass is 10.1. The third-order valence-corrected chi connectivity index (χ3v) is 4.60. The van der Waals surface area contributed by atoms with Crippen molar-refractivity contribution < 1.29 is 4.52 Å². The average Bonchev–Trinajstić information content (AvgIpc) is 3.23. The Morgan fingerprint density at radius 3 is 2.73 bits per heavy atom. The van der Waals surface area contributed by atoms with E-state index < -0.39 is 0 Å². The van der Waals surface area contributed by atoms with Gasteiger partial charge in [0, 0.05) is 35.8 Å². The van der Waals surface area contributed by atoms with E-state index in [1.54, 1.807) is 19.2 Å². The molecule has 0 aliphatic rings. The van der Waals surface area contributed by atoms with E-state index >= 15 is 0 Å². The molecule has 0 bridgehead atoms. The molecule has 0 atom stereocenters. The molecule has 2 heterocycles. The SMILES string of the molecule is CN=C(NCc1nc(-c2cccc(Cl)c2)no1)NCc1ccnc2ccccc12.I. The highest BCUT2D eigenvalue weighted by molar-refractivity contribution is 14.0. The van der Waals surface area contributed by atoms with E-state index in [1.807, 2.05) is 42.6 Å². The maximum atomic E-state index is 6.02. The fourth-order valence-corrected chi connectivity index (χ4v) is 3.13. The van der Waals surface area contributed by atoms with E-state index in [1.165, 1.54) is 0 Å². The topological polar surface area (TPSA) is 88.2 Å². The summed E-state index contributed by atoms with van der Waals surface area (Å²) in [5.74, 6) is 1.58. The number of benzene rings is 2. The lowest BCUT2D eigenvalue weighted by Crippen LogP contribution is -2.36. The first kappa shape index (κ1) is 22.0. The summed E-state index contributed by atoms with van der Waals surface area (Å²) in [4.78, 5) is 13.0. The average molecular weight is 535 g/mol. The lowest BCUT2D eigenvalue weighted by Gasteiger charge is -2.11. The van der Waals surface area contributed by atoms with Crippen molar-refractivity contribution >= 4 is 52.4 Å². The summed E-state index contributed by atoms with van der Waals surface area (Å²) < 4.78 is 5.32. The van der Waals surface area contributed by atoms with Gasteiger partial charge in [-0.3, -0.25) is 9.98 Å². The Morgan fingerprint density at radius 1 is 1.07 bits per heavy atom. The Labute approximate surface area is 196 Å². The molecule has 0 amide bonds. The van der Waals surface area contributed by atoms with Gasteiger partial charge < -0.3 is 15.2 Å². The summed E-state index contributed by atoms with van der Waals surface area (Å²) in [6.45, 7) is 0.963. The zero-order chi connectivity index (χ0) is 20.1. The number of guanidine groups is 1. The van der Waals surface area contributed by atoms with Crippen LogP contribution in [0.4, 0.5) is 0 Å². The van der Waals surface area contributed by atoms with E-state index in [-0.39, 0.29) is 24.0 Å². The minimum atomic E-state index is 0. The summed E-state index contributed by atoms with van der Waals surface area (Å²) in [5.41, 5.74) is 2.91. The van der Waals surface area contributed by atoms with Gasteiger partial charge in [0.1, 0.15) is 0 Å². The van der Waals surface area contributed by atoms with Crippen molar-refractivity contribution in [2.45, 2.75) is 13.1 Å². The number of para-hydroxylation sites is 1. The molecule has 0 fully saturated rings. The summed E-state index contributed by atoms with van der Waals surface area (Å²) in [5, 5.41) is 12.2. The van der Waals surface area contributed by atoms with Crippen molar-refractivity contribution in [1.82, 2.24) is 25.8 Å². The predicted molar refractivity (Wildman–Crippen MR) is 129 cm³/mol. The van der Waals surface area contributed by atoms with Crippen LogP contribution in [0.15, 0.2) is 70.3 Å². The molecule has 9 heteroatoms. The van der Waals surface area contributed by atoms with Crippen molar-refractivity contribution in [3.8, 4) is 11.4 Å². The van der Waals surface area contributed by atoms with Crippen molar-refractivity contribution in [3.05, 3.63) is 77.3 Å². The maximum absolute atomic E-state index is 6.02. The molecule has 0 aliphatic carbocycles. The number of nitrogens with one attached hydrogen (secondary N) is 2. The van der Waals surface area contributed by atoms with Crippen LogP contribution in [0.5, 0.6) is 0 Å². The van der Waals surface area contributed by atoms with E-state index in [9.17, 15) is 0 Å². The molecule has 4 aromatic rings. The van der Waals surface area contributed by atoms with Crippen LogP contribution in [-0.2, 0) is 13.1 Å². The van der Waals surface area contributed by atoms with Gasteiger partial charge in [-0.2, -0.15) is 4.98 Å². The van der Waals surface area contributed by atoms with Gasteiger partial charge in [-0.1, -0.05) is 47.1 Å². The fourth-order valence-electron chi connectivity index (χ4n) is 2.94. The number of aromatic nitrogens is 3.